The van der Waals surface area contributed by atoms with Crippen LogP contribution >= 0.6 is 15.9 Å². The maximum Gasteiger partial charge on any atom is 0.240 e. The van der Waals surface area contributed by atoms with Gasteiger partial charge in [-0.15, -0.1) is 0 Å². The van der Waals surface area contributed by atoms with E-state index < -0.39 is 14.9 Å². The average molecular weight is 382 g/mol. The van der Waals surface area contributed by atoms with E-state index in [0.717, 1.165) is 5.56 Å². The van der Waals surface area contributed by atoms with E-state index in [-0.39, 0.29) is 17.2 Å². The number of sulfonamides is 1. The van der Waals surface area contributed by atoms with Crippen molar-refractivity contribution in [2.24, 2.45) is 0 Å². The number of hydrogen-bond acceptors (Lipinski definition) is 3. The Labute approximate surface area is 138 Å². The van der Waals surface area contributed by atoms with Gasteiger partial charge >= 0.3 is 0 Å². The number of nitrogens with one attached hydrogen (secondary N) is 1. The summed E-state index contributed by atoms with van der Waals surface area (Å²) in [6.07, 6.45) is 0. The van der Waals surface area contributed by atoms with Gasteiger partial charge < -0.3 is 0 Å². The van der Waals surface area contributed by atoms with Crippen molar-refractivity contribution in [1.82, 2.24) is 4.72 Å². The molecule has 0 heterocycles. The Kier molecular flexibility index (Phi) is 5.50. The van der Waals surface area contributed by atoms with Gasteiger partial charge in [0.05, 0.1) is 9.72 Å². The van der Waals surface area contributed by atoms with Crippen molar-refractivity contribution in [3.05, 3.63) is 65.7 Å². The van der Waals surface area contributed by atoms with Crippen LogP contribution in [0, 0.1) is 6.92 Å². The quantitative estimate of drug-likeness (QED) is 0.617. The first-order valence-corrected chi connectivity index (χ1v) is 9.10. The van der Waals surface area contributed by atoms with Crippen LogP contribution in [0.1, 0.15) is 15.9 Å². The topological polar surface area (TPSA) is 63.2 Å². The average Bonchev–Trinajstić information content (AvgIpc) is 2.53. The third kappa shape index (κ3) is 4.25. The van der Waals surface area contributed by atoms with E-state index in [9.17, 15) is 13.2 Å². The van der Waals surface area contributed by atoms with Gasteiger partial charge in [0.2, 0.25) is 10.0 Å². The van der Waals surface area contributed by atoms with Crippen molar-refractivity contribution in [2.75, 3.05) is 6.54 Å². The van der Waals surface area contributed by atoms with Crippen molar-refractivity contribution in [3.63, 3.8) is 0 Å². The Morgan fingerprint density at radius 1 is 1.09 bits per heavy atom. The van der Waals surface area contributed by atoms with Crippen molar-refractivity contribution in [1.29, 1.82) is 0 Å². The fraction of sp³-hybridized carbons (Fsp3) is 0.188. The van der Waals surface area contributed by atoms with E-state index in [4.69, 9.17) is 0 Å². The van der Waals surface area contributed by atoms with Crippen LogP contribution in [0.5, 0.6) is 0 Å². The highest BCUT2D eigenvalue weighted by Gasteiger charge is 2.20. The van der Waals surface area contributed by atoms with Crippen LogP contribution in [-0.2, 0) is 10.0 Å². The summed E-state index contributed by atoms with van der Waals surface area (Å²) in [7, 11) is -3.62. The van der Waals surface area contributed by atoms with Crippen LogP contribution in [0.4, 0.5) is 0 Å². The minimum Gasteiger partial charge on any atom is -0.293 e. The van der Waals surface area contributed by atoms with Gasteiger partial charge in [0.15, 0.2) is 5.78 Å². The summed E-state index contributed by atoms with van der Waals surface area (Å²) in [5, 5.41) is 0. The van der Waals surface area contributed by atoms with E-state index in [0.29, 0.717) is 5.56 Å². The highest BCUT2D eigenvalue weighted by atomic mass is 79.9. The van der Waals surface area contributed by atoms with Crippen LogP contribution < -0.4 is 4.72 Å². The Morgan fingerprint density at radius 2 is 1.68 bits per heavy atom. The maximum absolute atomic E-state index is 12.2. The predicted octanol–water partition coefficient (Wildman–Crippen LogP) is 2.92. The highest BCUT2D eigenvalue weighted by molar-refractivity contribution is 9.10. The van der Waals surface area contributed by atoms with Gasteiger partial charge in [0, 0.05) is 12.1 Å². The highest BCUT2D eigenvalue weighted by Crippen LogP contribution is 2.13. The summed E-state index contributed by atoms with van der Waals surface area (Å²) < 4.78 is 26.8. The smallest absolute Gasteiger partial charge is 0.240 e. The first kappa shape index (κ1) is 16.9. The predicted molar refractivity (Wildman–Crippen MR) is 89.9 cm³/mol. The number of carbonyl (C=O) groups excluding carboxylic acids is 1. The second-order valence-corrected chi connectivity index (χ2v) is 7.74. The molecule has 0 amide bonds. The third-order valence-corrected chi connectivity index (χ3v) is 5.31. The second-order valence-electron chi connectivity index (χ2n) is 4.86. The minimum absolute atomic E-state index is 0.00998. The molecule has 0 spiro atoms. The molecule has 116 valence electrons. The molecule has 0 aliphatic rings. The molecule has 0 aromatic heterocycles. The molecule has 22 heavy (non-hydrogen) atoms. The van der Waals surface area contributed by atoms with Gasteiger partial charge in [-0.2, -0.15) is 0 Å². The fourth-order valence-corrected chi connectivity index (χ4v) is 3.55. The van der Waals surface area contributed by atoms with E-state index in [2.05, 4.69) is 20.7 Å². The lowest BCUT2D eigenvalue weighted by atomic mass is 10.1. The van der Waals surface area contributed by atoms with E-state index in [1.807, 2.05) is 13.0 Å². The summed E-state index contributed by atoms with van der Waals surface area (Å²) in [5.41, 5.74) is 1.52. The molecule has 6 heteroatoms. The van der Waals surface area contributed by atoms with Crippen LogP contribution in [-0.4, -0.2) is 25.6 Å². The molecule has 2 rings (SSSR count). The van der Waals surface area contributed by atoms with Gasteiger partial charge in [-0.25, -0.2) is 13.1 Å². The van der Waals surface area contributed by atoms with Crippen LogP contribution in [0.3, 0.4) is 0 Å². The first-order valence-electron chi connectivity index (χ1n) is 6.70. The van der Waals surface area contributed by atoms with Crippen LogP contribution in [0.2, 0.25) is 0 Å². The van der Waals surface area contributed by atoms with Gasteiger partial charge in [-0.1, -0.05) is 64.0 Å². The summed E-state index contributed by atoms with van der Waals surface area (Å²) in [5.74, 6) is -0.160. The largest absolute Gasteiger partial charge is 0.293 e. The van der Waals surface area contributed by atoms with Crippen molar-refractivity contribution in [3.8, 4) is 0 Å². The molecular weight excluding hydrogens is 366 g/mol. The Morgan fingerprint density at radius 3 is 2.27 bits per heavy atom. The standard InChI is InChI=1S/C16H16BrNO3S/c1-12-7-9-14(10-8-12)22(20,21)18-11-15(17)16(19)13-5-3-2-4-6-13/h2-10,15,18H,11H2,1H3. The third-order valence-electron chi connectivity index (χ3n) is 3.13. The number of carbonyl (C=O) groups is 1. The number of halogens is 1. The lowest BCUT2D eigenvalue weighted by molar-refractivity contribution is 0.0992. The lowest BCUT2D eigenvalue weighted by Gasteiger charge is -2.11. The molecule has 0 bridgehead atoms. The molecule has 4 nitrogen and oxygen atoms in total. The minimum atomic E-state index is -3.62. The van der Waals surface area contributed by atoms with Gasteiger partial charge in [-0.05, 0) is 19.1 Å². The number of hydrogen-bond donors (Lipinski definition) is 1. The van der Waals surface area contributed by atoms with Crippen LogP contribution in [0.15, 0.2) is 59.5 Å². The fourth-order valence-electron chi connectivity index (χ4n) is 1.86. The number of benzene rings is 2. The summed E-state index contributed by atoms with van der Waals surface area (Å²) in [4.78, 5) is 11.7. The zero-order chi connectivity index (χ0) is 16.2. The summed E-state index contributed by atoms with van der Waals surface area (Å²) in [6, 6.07) is 15.3. The molecule has 0 fully saturated rings. The normalized spacial score (nSPS) is 12.8. The second kappa shape index (κ2) is 7.17. The van der Waals surface area contributed by atoms with Gasteiger partial charge in [0.25, 0.3) is 0 Å². The Hall–Kier alpha value is -1.50. The van der Waals surface area contributed by atoms with E-state index >= 15 is 0 Å². The molecule has 0 radical (unpaired) electrons. The zero-order valence-corrected chi connectivity index (χ0v) is 14.4. The van der Waals surface area contributed by atoms with Crippen molar-refractivity contribution in [2.45, 2.75) is 16.6 Å². The number of Topliss-reactive ketones (excluding diaryl/α,β-unsaturated/α-hetero) is 1. The van der Waals surface area contributed by atoms with Gasteiger partial charge in [0.1, 0.15) is 0 Å². The summed E-state index contributed by atoms with van der Waals surface area (Å²) >= 11 is 3.24. The van der Waals surface area contributed by atoms with Gasteiger partial charge in [-0.3, -0.25) is 4.79 Å². The van der Waals surface area contributed by atoms with Crippen molar-refractivity contribution < 1.29 is 13.2 Å². The molecule has 0 saturated carbocycles. The monoisotopic (exact) mass is 381 g/mol. The molecule has 0 aliphatic carbocycles. The molecule has 1 unspecified atom stereocenters. The van der Waals surface area contributed by atoms with Crippen molar-refractivity contribution >= 4 is 31.7 Å². The molecule has 0 saturated heterocycles. The van der Waals surface area contributed by atoms with Crippen LogP contribution in [0.25, 0.3) is 0 Å². The Bertz CT molecular complexity index is 743. The SMILES string of the molecule is Cc1ccc(S(=O)(=O)NCC(Br)C(=O)c2ccccc2)cc1. The first-order chi connectivity index (χ1) is 10.4. The lowest BCUT2D eigenvalue weighted by Crippen LogP contribution is -2.33. The maximum atomic E-state index is 12.2. The molecule has 0 aliphatic heterocycles. The molecule has 2 aromatic carbocycles. The number of aryl methyl sites for hydroxylation is 1. The molecule has 1 atom stereocenters. The number of alkyl halides is 1. The molecule has 1 N–H and O–H groups in total. The number of ketones is 1. The Balaban J connectivity index is 2.02. The number of rotatable bonds is 6. The van der Waals surface area contributed by atoms with E-state index in [1.165, 1.54) is 0 Å². The summed E-state index contributed by atoms with van der Waals surface area (Å²) in [6.45, 7) is 1.88. The zero-order valence-electron chi connectivity index (χ0n) is 12.0. The van der Waals surface area contributed by atoms with E-state index in [1.54, 1.807) is 48.5 Å². The molecular formula is C16H16BrNO3S. The molecule has 2 aromatic rings.